The maximum absolute atomic E-state index is 12.4. The molecule has 2 saturated heterocycles. The first-order valence-corrected chi connectivity index (χ1v) is 6.89. The zero-order valence-corrected chi connectivity index (χ0v) is 11.5. The van der Waals surface area contributed by atoms with Gasteiger partial charge in [-0.3, -0.25) is 0 Å². The van der Waals surface area contributed by atoms with Gasteiger partial charge in [0.2, 0.25) is 0 Å². The van der Waals surface area contributed by atoms with Crippen molar-refractivity contribution < 1.29 is 19.4 Å². The van der Waals surface area contributed by atoms with Gasteiger partial charge in [-0.25, -0.2) is 9.59 Å². The topological polar surface area (TPSA) is 70.1 Å². The highest BCUT2D eigenvalue weighted by atomic mass is 16.5. The molecule has 2 amide bonds. The van der Waals surface area contributed by atoms with E-state index in [1.54, 1.807) is 4.90 Å². The fourth-order valence-corrected chi connectivity index (χ4v) is 2.85. The summed E-state index contributed by atoms with van der Waals surface area (Å²) >= 11 is 0. The third-order valence-electron chi connectivity index (χ3n) is 4.00. The number of nitrogens with zero attached hydrogens (tertiary/aromatic N) is 2. The molecular formula is C13H22N2O4. The Bertz CT molecular complexity index is 361. The molecule has 2 aliphatic heterocycles. The normalized spacial score (nSPS) is 32.2. The Morgan fingerprint density at radius 3 is 2.63 bits per heavy atom. The lowest BCUT2D eigenvalue weighted by Crippen LogP contribution is -2.56. The molecule has 0 radical (unpaired) electrons. The first-order valence-electron chi connectivity index (χ1n) is 6.89. The van der Waals surface area contributed by atoms with Crippen LogP contribution in [0.1, 0.15) is 26.7 Å². The average molecular weight is 270 g/mol. The number of carbonyl (C=O) groups excluding carboxylic acids is 1. The number of urea groups is 1. The number of amides is 2. The molecular weight excluding hydrogens is 248 g/mol. The summed E-state index contributed by atoms with van der Waals surface area (Å²) in [6.07, 6.45) is 1.14. The SMILES string of the molecule is CC1CCN(C(=O)N2CCOC(C(=O)O)C2)C(C)C1. The highest BCUT2D eigenvalue weighted by Gasteiger charge is 2.34. The Morgan fingerprint density at radius 1 is 1.26 bits per heavy atom. The van der Waals surface area contributed by atoms with Crippen molar-refractivity contribution in [1.29, 1.82) is 0 Å². The molecule has 0 saturated carbocycles. The molecule has 2 rings (SSSR count). The van der Waals surface area contributed by atoms with Crippen molar-refractivity contribution >= 4 is 12.0 Å². The van der Waals surface area contributed by atoms with Gasteiger partial charge in [-0.2, -0.15) is 0 Å². The zero-order chi connectivity index (χ0) is 14.0. The predicted octanol–water partition coefficient (Wildman–Crippen LogP) is 1.01. The molecule has 108 valence electrons. The highest BCUT2D eigenvalue weighted by molar-refractivity contribution is 5.77. The van der Waals surface area contributed by atoms with Crippen molar-refractivity contribution in [2.75, 3.05) is 26.2 Å². The van der Waals surface area contributed by atoms with Crippen molar-refractivity contribution in [3.05, 3.63) is 0 Å². The van der Waals surface area contributed by atoms with Gasteiger partial charge in [0, 0.05) is 19.1 Å². The Balaban J connectivity index is 1.97. The molecule has 2 fully saturated rings. The van der Waals surface area contributed by atoms with Crippen molar-refractivity contribution in [2.24, 2.45) is 5.92 Å². The molecule has 3 unspecified atom stereocenters. The van der Waals surface area contributed by atoms with E-state index in [0.717, 1.165) is 19.4 Å². The van der Waals surface area contributed by atoms with Crippen LogP contribution in [-0.4, -0.2) is 65.3 Å². The fourth-order valence-electron chi connectivity index (χ4n) is 2.85. The second-order valence-electron chi connectivity index (χ2n) is 5.60. The number of piperidine rings is 1. The molecule has 0 bridgehead atoms. The Hall–Kier alpha value is -1.30. The minimum atomic E-state index is -1.00. The summed E-state index contributed by atoms with van der Waals surface area (Å²) in [5.74, 6) is -0.353. The number of carboxylic acid groups (broad SMARTS) is 1. The van der Waals surface area contributed by atoms with E-state index in [1.807, 2.05) is 4.90 Å². The van der Waals surface area contributed by atoms with Crippen LogP contribution in [0, 0.1) is 5.92 Å². The number of ether oxygens (including phenoxy) is 1. The van der Waals surface area contributed by atoms with Gasteiger partial charge in [-0.05, 0) is 25.7 Å². The lowest BCUT2D eigenvalue weighted by molar-refractivity contribution is -0.154. The second kappa shape index (κ2) is 5.77. The van der Waals surface area contributed by atoms with E-state index in [0.29, 0.717) is 19.1 Å². The largest absolute Gasteiger partial charge is 0.479 e. The van der Waals surface area contributed by atoms with Gasteiger partial charge < -0.3 is 19.6 Å². The third-order valence-corrected chi connectivity index (χ3v) is 4.00. The van der Waals surface area contributed by atoms with Gasteiger partial charge in [0.05, 0.1) is 13.2 Å². The number of rotatable bonds is 1. The van der Waals surface area contributed by atoms with Gasteiger partial charge in [0.1, 0.15) is 0 Å². The van der Waals surface area contributed by atoms with Gasteiger partial charge in [0.15, 0.2) is 6.10 Å². The summed E-state index contributed by atoms with van der Waals surface area (Å²) in [5.41, 5.74) is 0. The molecule has 3 atom stereocenters. The molecule has 6 nitrogen and oxygen atoms in total. The van der Waals surface area contributed by atoms with E-state index in [4.69, 9.17) is 9.84 Å². The first-order chi connectivity index (χ1) is 8.99. The Kier molecular flexibility index (Phi) is 4.29. The number of aliphatic carboxylic acids is 1. The van der Waals surface area contributed by atoms with Gasteiger partial charge in [-0.1, -0.05) is 6.92 Å². The Labute approximate surface area is 113 Å². The number of hydrogen-bond donors (Lipinski definition) is 1. The lowest BCUT2D eigenvalue weighted by atomic mass is 9.94. The standard InChI is InChI=1S/C13H22N2O4/c1-9-3-4-15(10(2)7-9)13(18)14-5-6-19-11(8-14)12(16)17/h9-11H,3-8H2,1-2H3,(H,16,17). The highest BCUT2D eigenvalue weighted by Crippen LogP contribution is 2.23. The van der Waals surface area contributed by atoms with E-state index in [1.165, 1.54) is 0 Å². The van der Waals surface area contributed by atoms with E-state index in [2.05, 4.69) is 13.8 Å². The van der Waals surface area contributed by atoms with E-state index in [-0.39, 0.29) is 18.6 Å². The molecule has 0 aromatic carbocycles. The van der Waals surface area contributed by atoms with Crippen LogP contribution in [0.3, 0.4) is 0 Å². The maximum atomic E-state index is 12.4. The quantitative estimate of drug-likeness (QED) is 0.772. The number of morpholine rings is 1. The summed E-state index contributed by atoms with van der Waals surface area (Å²) in [4.78, 5) is 26.8. The molecule has 0 aromatic heterocycles. The van der Waals surface area contributed by atoms with E-state index in [9.17, 15) is 9.59 Å². The van der Waals surface area contributed by atoms with Crippen molar-refractivity contribution in [2.45, 2.75) is 38.8 Å². The number of hydrogen-bond acceptors (Lipinski definition) is 3. The third kappa shape index (κ3) is 3.18. The van der Waals surface area contributed by atoms with Crippen LogP contribution in [-0.2, 0) is 9.53 Å². The number of carboxylic acids is 1. The van der Waals surface area contributed by atoms with Crippen LogP contribution in [0.4, 0.5) is 4.79 Å². The van der Waals surface area contributed by atoms with Gasteiger partial charge >= 0.3 is 12.0 Å². The maximum Gasteiger partial charge on any atom is 0.334 e. The van der Waals surface area contributed by atoms with Crippen LogP contribution in [0.5, 0.6) is 0 Å². The summed E-state index contributed by atoms with van der Waals surface area (Å²) in [6.45, 7) is 5.93. The number of carbonyl (C=O) groups is 2. The lowest BCUT2D eigenvalue weighted by Gasteiger charge is -2.41. The van der Waals surface area contributed by atoms with Crippen LogP contribution >= 0.6 is 0 Å². The van der Waals surface area contributed by atoms with Gasteiger partial charge in [-0.15, -0.1) is 0 Å². The Morgan fingerprint density at radius 2 is 2.00 bits per heavy atom. The summed E-state index contributed by atoms with van der Waals surface area (Å²) in [5, 5.41) is 8.96. The minimum Gasteiger partial charge on any atom is -0.479 e. The van der Waals surface area contributed by atoms with Gasteiger partial charge in [0.25, 0.3) is 0 Å². The van der Waals surface area contributed by atoms with Crippen molar-refractivity contribution in [1.82, 2.24) is 9.80 Å². The smallest absolute Gasteiger partial charge is 0.334 e. The molecule has 6 heteroatoms. The van der Waals surface area contributed by atoms with Crippen LogP contribution < -0.4 is 0 Å². The summed E-state index contributed by atoms with van der Waals surface area (Å²) in [6, 6.07) is 0.177. The minimum absolute atomic E-state index is 0.0473. The first kappa shape index (κ1) is 14.1. The van der Waals surface area contributed by atoms with Crippen LogP contribution in [0.15, 0.2) is 0 Å². The zero-order valence-electron chi connectivity index (χ0n) is 11.5. The summed E-state index contributed by atoms with van der Waals surface area (Å²) < 4.78 is 5.14. The summed E-state index contributed by atoms with van der Waals surface area (Å²) in [7, 11) is 0. The molecule has 2 heterocycles. The monoisotopic (exact) mass is 270 g/mol. The molecule has 19 heavy (non-hydrogen) atoms. The molecule has 0 spiro atoms. The number of likely N-dealkylation sites (tertiary alicyclic amines) is 1. The molecule has 1 N–H and O–H groups in total. The molecule has 0 aromatic rings. The van der Waals surface area contributed by atoms with E-state index >= 15 is 0 Å². The average Bonchev–Trinajstić information content (AvgIpc) is 2.38. The van der Waals surface area contributed by atoms with Crippen molar-refractivity contribution in [3.63, 3.8) is 0 Å². The van der Waals surface area contributed by atoms with Crippen molar-refractivity contribution in [3.8, 4) is 0 Å². The van der Waals surface area contributed by atoms with Crippen LogP contribution in [0.25, 0.3) is 0 Å². The predicted molar refractivity (Wildman–Crippen MR) is 68.9 cm³/mol. The fraction of sp³-hybridized carbons (Fsp3) is 0.846. The molecule has 2 aliphatic rings. The molecule has 0 aliphatic carbocycles. The van der Waals surface area contributed by atoms with Crippen LogP contribution in [0.2, 0.25) is 0 Å². The second-order valence-corrected chi connectivity index (χ2v) is 5.60. The van der Waals surface area contributed by atoms with E-state index < -0.39 is 12.1 Å².